The summed E-state index contributed by atoms with van der Waals surface area (Å²) >= 11 is 0. The minimum absolute atomic E-state index is 0. The predicted octanol–water partition coefficient (Wildman–Crippen LogP) is -2.48. The van der Waals surface area contributed by atoms with Crippen LogP contribution in [-0.2, 0) is 9.59 Å². The van der Waals surface area contributed by atoms with E-state index in [1.807, 2.05) is 6.07 Å². The van der Waals surface area contributed by atoms with Crippen molar-refractivity contribution in [3.05, 3.63) is 30.3 Å². The molecule has 0 heterocycles. The maximum atomic E-state index is 11.2. The molecule has 0 bridgehead atoms. The fourth-order valence-electron chi connectivity index (χ4n) is 1.05. The molecular weight excluding hydrogens is 219 g/mol. The van der Waals surface area contributed by atoms with Crippen LogP contribution in [0.1, 0.15) is 19.3 Å². The van der Waals surface area contributed by atoms with Gasteiger partial charge in [0.2, 0.25) is 0 Å². The average molecular weight is 230 g/mol. The van der Waals surface area contributed by atoms with E-state index in [4.69, 9.17) is 4.74 Å². The molecule has 0 atom stereocenters. The number of aliphatic carboxylic acids is 1. The van der Waals surface area contributed by atoms with E-state index in [-0.39, 0.29) is 48.8 Å². The van der Waals surface area contributed by atoms with Crippen LogP contribution in [0.2, 0.25) is 0 Å². The molecule has 0 amide bonds. The summed E-state index contributed by atoms with van der Waals surface area (Å²) in [5, 5.41) is 10.1. The van der Waals surface area contributed by atoms with Crippen molar-refractivity contribution < 1.29 is 49.0 Å². The smallest absolute Gasteiger partial charge is 0.550 e. The molecule has 0 aliphatic rings. The topological polar surface area (TPSA) is 66.4 Å². The number of para-hydroxylation sites is 1. The van der Waals surface area contributed by atoms with E-state index in [9.17, 15) is 14.7 Å². The summed E-state index contributed by atoms with van der Waals surface area (Å²) in [6, 6.07) is 8.65. The summed E-state index contributed by atoms with van der Waals surface area (Å²) in [4.78, 5) is 21.2. The van der Waals surface area contributed by atoms with Crippen LogP contribution in [0, 0.1) is 0 Å². The summed E-state index contributed by atoms with van der Waals surface area (Å²) in [5.74, 6) is -1.11. The fourth-order valence-corrected chi connectivity index (χ4v) is 1.05. The molecule has 0 aliphatic heterocycles. The number of carbonyl (C=O) groups excluding carboxylic acids is 2. The van der Waals surface area contributed by atoms with Crippen molar-refractivity contribution in [2.75, 3.05) is 0 Å². The van der Waals surface area contributed by atoms with Crippen LogP contribution >= 0.6 is 0 Å². The summed E-state index contributed by atoms with van der Waals surface area (Å²) in [7, 11) is 0. The second-order valence-electron chi connectivity index (χ2n) is 3.01. The maximum absolute atomic E-state index is 11.2. The van der Waals surface area contributed by atoms with Gasteiger partial charge in [-0.15, -0.1) is 0 Å². The molecule has 1 rings (SSSR count). The molecule has 0 aromatic heterocycles. The number of carboxylic acid groups (broad SMARTS) is 1. The molecule has 16 heavy (non-hydrogen) atoms. The Labute approximate surface area is 116 Å². The van der Waals surface area contributed by atoms with E-state index >= 15 is 0 Å². The third kappa shape index (κ3) is 6.61. The molecule has 1 aromatic carbocycles. The Morgan fingerprint density at radius 3 is 2.31 bits per heavy atom. The third-order valence-electron chi connectivity index (χ3n) is 1.74. The van der Waals surface area contributed by atoms with Crippen LogP contribution in [0.15, 0.2) is 30.3 Å². The number of carbonyl (C=O) groups is 2. The molecule has 0 N–H and O–H groups in total. The standard InChI is InChI=1S/C11H12O4.Na/c12-10(13)7-4-8-11(14)15-9-5-2-1-3-6-9;/h1-3,5-6H,4,7-8H2,(H,12,13);/q;+1/p-1. The Morgan fingerprint density at radius 1 is 1.12 bits per heavy atom. The van der Waals surface area contributed by atoms with E-state index in [1.165, 1.54) is 0 Å². The van der Waals surface area contributed by atoms with Crippen molar-refractivity contribution in [1.82, 2.24) is 0 Å². The Morgan fingerprint density at radius 2 is 1.75 bits per heavy atom. The first-order valence-electron chi connectivity index (χ1n) is 4.64. The van der Waals surface area contributed by atoms with Crippen molar-refractivity contribution in [1.29, 1.82) is 0 Å². The van der Waals surface area contributed by atoms with Gasteiger partial charge in [0.05, 0.1) is 0 Å². The summed E-state index contributed by atoms with van der Waals surface area (Å²) < 4.78 is 4.94. The molecule has 80 valence electrons. The SMILES string of the molecule is O=C([O-])CCCC(=O)Oc1ccccc1.[Na+]. The Bertz CT molecular complexity index is 337. The van der Waals surface area contributed by atoms with Gasteiger partial charge < -0.3 is 14.6 Å². The predicted molar refractivity (Wildman–Crippen MR) is 50.9 cm³/mol. The minimum Gasteiger partial charge on any atom is -0.550 e. The number of hydrogen-bond acceptors (Lipinski definition) is 4. The van der Waals surface area contributed by atoms with Crippen LogP contribution in [0.3, 0.4) is 0 Å². The zero-order valence-electron chi connectivity index (χ0n) is 9.14. The minimum atomic E-state index is -1.15. The van der Waals surface area contributed by atoms with Gasteiger partial charge in [-0.3, -0.25) is 4.79 Å². The van der Waals surface area contributed by atoms with E-state index in [1.54, 1.807) is 24.3 Å². The number of carboxylic acids is 1. The summed E-state index contributed by atoms with van der Waals surface area (Å²) in [6.07, 6.45) is 0.209. The summed E-state index contributed by atoms with van der Waals surface area (Å²) in [6.45, 7) is 0. The van der Waals surface area contributed by atoms with Gasteiger partial charge in [-0.1, -0.05) is 18.2 Å². The van der Waals surface area contributed by atoms with Crippen molar-refractivity contribution in [3.63, 3.8) is 0 Å². The molecule has 0 aliphatic carbocycles. The van der Waals surface area contributed by atoms with Gasteiger partial charge in [-0.25, -0.2) is 0 Å². The van der Waals surface area contributed by atoms with Gasteiger partial charge in [-0.2, -0.15) is 0 Å². The Kier molecular flexibility index (Phi) is 7.89. The van der Waals surface area contributed by atoms with Crippen molar-refractivity contribution in [2.24, 2.45) is 0 Å². The molecule has 4 nitrogen and oxygen atoms in total. The quantitative estimate of drug-likeness (QED) is 0.319. The van der Waals surface area contributed by atoms with E-state index in [0.717, 1.165) is 0 Å². The largest absolute Gasteiger partial charge is 1.00 e. The first-order valence-corrected chi connectivity index (χ1v) is 4.64. The van der Waals surface area contributed by atoms with Crippen molar-refractivity contribution >= 4 is 11.9 Å². The average Bonchev–Trinajstić information content (AvgIpc) is 2.18. The molecule has 0 spiro atoms. The second-order valence-corrected chi connectivity index (χ2v) is 3.01. The second kappa shape index (κ2) is 8.33. The monoisotopic (exact) mass is 230 g/mol. The molecule has 1 aromatic rings. The number of rotatable bonds is 5. The molecule has 0 fully saturated rings. The van der Waals surface area contributed by atoms with Crippen LogP contribution < -0.4 is 39.4 Å². The number of ether oxygens (including phenoxy) is 1. The number of benzene rings is 1. The fraction of sp³-hybridized carbons (Fsp3) is 0.273. The van der Waals surface area contributed by atoms with Gasteiger partial charge in [-0.05, 0) is 25.0 Å². The first kappa shape index (κ1) is 15.2. The summed E-state index contributed by atoms with van der Waals surface area (Å²) in [5.41, 5.74) is 0. The van der Waals surface area contributed by atoms with E-state index < -0.39 is 11.9 Å². The first-order chi connectivity index (χ1) is 7.18. The van der Waals surface area contributed by atoms with Crippen LogP contribution in [0.5, 0.6) is 5.75 Å². The zero-order chi connectivity index (χ0) is 11.1. The van der Waals surface area contributed by atoms with Gasteiger partial charge in [0.25, 0.3) is 0 Å². The third-order valence-corrected chi connectivity index (χ3v) is 1.74. The zero-order valence-corrected chi connectivity index (χ0v) is 11.1. The Balaban J connectivity index is 0.00000225. The van der Waals surface area contributed by atoms with Gasteiger partial charge >= 0.3 is 35.5 Å². The normalized spacial score (nSPS) is 9.00. The molecule has 5 heteroatoms. The molecule has 0 saturated carbocycles. The molecule has 0 unspecified atom stereocenters. The maximum Gasteiger partial charge on any atom is 1.00 e. The van der Waals surface area contributed by atoms with Crippen molar-refractivity contribution in [3.8, 4) is 5.75 Å². The molecule has 0 saturated heterocycles. The molecule has 0 radical (unpaired) electrons. The van der Waals surface area contributed by atoms with Crippen LogP contribution in [0.4, 0.5) is 0 Å². The van der Waals surface area contributed by atoms with E-state index in [0.29, 0.717) is 5.75 Å². The number of esters is 1. The van der Waals surface area contributed by atoms with Crippen molar-refractivity contribution in [2.45, 2.75) is 19.3 Å². The van der Waals surface area contributed by atoms with Crippen LogP contribution in [-0.4, -0.2) is 11.9 Å². The van der Waals surface area contributed by atoms with Gasteiger partial charge in [0.15, 0.2) is 0 Å². The Hall–Kier alpha value is -0.840. The number of hydrogen-bond donors (Lipinski definition) is 0. The van der Waals surface area contributed by atoms with Gasteiger partial charge in [0.1, 0.15) is 5.75 Å². The van der Waals surface area contributed by atoms with Gasteiger partial charge in [0, 0.05) is 12.4 Å². The molecular formula is C11H11NaO4. The van der Waals surface area contributed by atoms with E-state index in [2.05, 4.69) is 0 Å². The van der Waals surface area contributed by atoms with Crippen LogP contribution in [0.25, 0.3) is 0 Å².